The van der Waals surface area contributed by atoms with E-state index in [1.807, 2.05) is 48.5 Å². The molecule has 0 radical (unpaired) electrons. The van der Waals surface area contributed by atoms with Crippen LogP contribution in [0.4, 0.5) is 5.69 Å². The molecular weight excluding hydrogens is 292 g/mol. The van der Waals surface area contributed by atoms with Crippen LogP contribution in [0.15, 0.2) is 61.2 Å². The molecule has 1 aromatic heterocycles. The van der Waals surface area contributed by atoms with Crippen LogP contribution in [0.3, 0.4) is 0 Å². The lowest BCUT2D eigenvalue weighted by atomic mass is 10.1. The van der Waals surface area contributed by atoms with Crippen molar-refractivity contribution in [3.63, 3.8) is 0 Å². The molecule has 3 rings (SSSR count). The molecule has 0 saturated carbocycles. The van der Waals surface area contributed by atoms with Crippen molar-refractivity contribution < 1.29 is 9.53 Å². The lowest BCUT2D eigenvalue weighted by Crippen LogP contribution is -2.14. The average molecular weight is 308 g/mol. The number of amides is 1. The summed E-state index contributed by atoms with van der Waals surface area (Å²) in [6, 6.07) is 14.9. The Hall–Kier alpha value is -3.15. The van der Waals surface area contributed by atoms with Crippen molar-refractivity contribution in [2.75, 3.05) is 12.4 Å². The number of hydrogen-bond donors (Lipinski definition) is 1. The summed E-state index contributed by atoms with van der Waals surface area (Å²) in [5.41, 5.74) is 2.56. The summed E-state index contributed by atoms with van der Waals surface area (Å²) in [6.07, 6.45) is 3.41. The number of benzene rings is 2. The highest BCUT2D eigenvalue weighted by Crippen LogP contribution is 2.14. The first-order valence-corrected chi connectivity index (χ1v) is 7.12. The predicted molar refractivity (Wildman–Crippen MR) is 86.7 cm³/mol. The Labute approximate surface area is 133 Å². The first-order chi connectivity index (χ1) is 11.2. The Morgan fingerprint density at radius 1 is 1.13 bits per heavy atom. The molecule has 2 aromatic carbocycles. The van der Waals surface area contributed by atoms with E-state index in [0.717, 1.165) is 22.7 Å². The fourth-order valence-electron chi connectivity index (χ4n) is 2.17. The third kappa shape index (κ3) is 3.74. The zero-order chi connectivity index (χ0) is 16.1. The lowest BCUT2D eigenvalue weighted by Gasteiger charge is -2.07. The van der Waals surface area contributed by atoms with Gasteiger partial charge >= 0.3 is 0 Å². The maximum Gasteiger partial charge on any atom is 0.228 e. The number of methoxy groups -OCH3 is 1. The minimum absolute atomic E-state index is 0.0660. The smallest absolute Gasteiger partial charge is 0.228 e. The molecular formula is C17H16N4O2. The van der Waals surface area contributed by atoms with Crippen LogP contribution in [0, 0.1) is 0 Å². The maximum absolute atomic E-state index is 12.1. The van der Waals surface area contributed by atoms with Gasteiger partial charge in [-0.05, 0) is 42.0 Å². The SMILES string of the molecule is COc1ccc(CC(=O)Nc2ccc(-n3cncn3)cc2)cc1. The first kappa shape index (κ1) is 14.8. The summed E-state index contributed by atoms with van der Waals surface area (Å²) >= 11 is 0. The molecule has 0 aliphatic carbocycles. The summed E-state index contributed by atoms with van der Waals surface area (Å²) in [5.74, 6) is 0.710. The number of nitrogens with zero attached hydrogens (tertiary/aromatic N) is 3. The number of ether oxygens (including phenoxy) is 1. The molecule has 0 saturated heterocycles. The maximum atomic E-state index is 12.1. The first-order valence-electron chi connectivity index (χ1n) is 7.12. The van der Waals surface area contributed by atoms with Crippen LogP contribution in [-0.4, -0.2) is 27.8 Å². The van der Waals surface area contributed by atoms with Gasteiger partial charge in [0.25, 0.3) is 0 Å². The summed E-state index contributed by atoms with van der Waals surface area (Å²) < 4.78 is 6.76. The number of carbonyl (C=O) groups excluding carboxylic acids is 1. The molecule has 0 fully saturated rings. The summed E-state index contributed by atoms with van der Waals surface area (Å²) in [6.45, 7) is 0. The molecule has 0 spiro atoms. The van der Waals surface area contributed by atoms with E-state index in [2.05, 4.69) is 15.4 Å². The van der Waals surface area contributed by atoms with Gasteiger partial charge in [0.1, 0.15) is 18.4 Å². The molecule has 0 aliphatic rings. The second-order valence-corrected chi connectivity index (χ2v) is 4.96. The normalized spacial score (nSPS) is 10.3. The van der Waals surface area contributed by atoms with Crippen LogP contribution in [0.5, 0.6) is 5.75 Å². The molecule has 0 aliphatic heterocycles. The fraction of sp³-hybridized carbons (Fsp3) is 0.118. The molecule has 0 unspecified atom stereocenters. The zero-order valence-corrected chi connectivity index (χ0v) is 12.6. The monoisotopic (exact) mass is 308 g/mol. The van der Waals surface area contributed by atoms with Gasteiger partial charge in [0.15, 0.2) is 0 Å². The molecule has 1 heterocycles. The van der Waals surface area contributed by atoms with Gasteiger partial charge in [-0.2, -0.15) is 5.10 Å². The van der Waals surface area contributed by atoms with Gasteiger partial charge in [0.05, 0.1) is 19.2 Å². The van der Waals surface area contributed by atoms with E-state index in [0.29, 0.717) is 6.42 Å². The number of aromatic nitrogens is 3. The van der Waals surface area contributed by atoms with Crippen molar-refractivity contribution in [3.05, 3.63) is 66.7 Å². The third-order valence-electron chi connectivity index (χ3n) is 3.36. The van der Waals surface area contributed by atoms with Gasteiger partial charge in [0.2, 0.25) is 5.91 Å². The van der Waals surface area contributed by atoms with E-state index in [9.17, 15) is 4.79 Å². The Bertz CT molecular complexity index is 765. The van der Waals surface area contributed by atoms with Crippen LogP contribution in [0.2, 0.25) is 0 Å². The Kier molecular flexibility index (Phi) is 4.33. The second-order valence-electron chi connectivity index (χ2n) is 4.96. The third-order valence-corrected chi connectivity index (χ3v) is 3.36. The number of hydrogen-bond acceptors (Lipinski definition) is 4. The fourth-order valence-corrected chi connectivity index (χ4v) is 2.17. The van der Waals surface area contributed by atoms with Crippen LogP contribution in [0.25, 0.3) is 5.69 Å². The van der Waals surface area contributed by atoms with E-state index in [1.165, 1.54) is 6.33 Å². The second kappa shape index (κ2) is 6.74. The summed E-state index contributed by atoms with van der Waals surface area (Å²) in [7, 11) is 1.62. The molecule has 3 aromatic rings. The topological polar surface area (TPSA) is 69.0 Å². The summed E-state index contributed by atoms with van der Waals surface area (Å²) in [4.78, 5) is 16.0. The van der Waals surface area contributed by atoms with E-state index >= 15 is 0 Å². The van der Waals surface area contributed by atoms with Gasteiger partial charge < -0.3 is 10.1 Å². The lowest BCUT2D eigenvalue weighted by molar-refractivity contribution is -0.115. The molecule has 0 bridgehead atoms. The van der Waals surface area contributed by atoms with Crippen molar-refractivity contribution in [2.45, 2.75) is 6.42 Å². The van der Waals surface area contributed by atoms with Gasteiger partial charge in [0, 0.05) is 5.69 Å². The van der Waals surface area contributed by atoms with E-state index in [-0.39, 0.29) is 5.91 Å². The highest BCUT2D eigenvalue weighted by Gasteiger charge is 2.05. The van der Waals surface area contributed by atoms with Gasteiger partial charge in [-0.25, -0.2) is 9.67 Å². The van der Waals surface area contributed by atoms with Gasteiger partial charge in [-0.3, -0.25) is 4.79 Å². The minimum Gasteiger partial charge on any atom is -0.497 e. The van der Waals surface area contributed by atoms with Gasteiger partial charge in [-0.1, -0.05) is 12.1 Å². The molecule has 23 heavy (non-hydrogen) atoms. The predicted octanol–water partition coefficient (Wildman–Crippen LogP) is 2.46. The molecule has 0 atom stereocenters. The number of nitrogens with one attached hydrogen (secondary N) is 1. The number of rotatable bonds is 5. The van der Waals surface area contributed by atoms with Gasteiger partial charge in [-0.15, -0.1) is 0 Å². The highest BCUT2D eigenvalue weighted by molar-refractivity contribution is 5.92. The van der Waals surface area contributed by atoms with E-state index in [4.69, 9.17) is 4.74 Å². The average Bonchev–Trinajstić information content (AvgIpc) is 3.11. The molecule has 116 valence electrons. The van der Waals surface area contributed by atoms with E-state index in [1.54, 1.807) is 18.1 Å². The zero-order valence-electron chi connectivity index (χ0n) is 12.6. The summed E-state index contributed by atoms with van der Waals surface area (Å²) in [5, 5.41) is 6.93. The minimum atomic E-state index is -0.0660. The van der Waals surface area contributed by atoms with Crippen molar-refractivity contribution in [2.24, 2.45) is 0 Å². The van der Waals surface area contributed by atoms with E-state index < -0.39 is 0 Å². The molecule has 6 heteroatoms. The largest absolute Gasteiger partial charge is 0.497 e. The number of anilines is 1. The molecule has 1 N–H and O–H groups in total. The molecule has 6 nitrogen and oxygen atoms in total. The Morgan fingerprint density at radius 2 is 1.87 bits per heavy atom. The van der Waals surface area contributed by atoms with Crippen LogP contribution < -0.4 is 10.1 Å². The van der Waals surface area contributed by atoms with Crippen LogP contribution in [-0.2, 0) is 11.2 Å². The molecule has 1 amide bonds. The van der Waals surface area contributed by atoms with Crippen molar-refractivity contribution in [1.82, 2.24) is 14.8 Å². The van der Waals surface area contributed by atoms with Crippen LogP contribution in [0.1, 0.15) is 5.56 Å². The van der Waals surface area contributed by atoms with Crippen LogP contribution >= 0.6 is 0 Å². The Balaban J connectivity index is 1.61. The quantitative estimate of drug-likeness (QED) is 0.786. The standard InChI is InChI=1S/C17H16N4O2/c1-23-16-8-2-13(3-9-16)10-17(22)20-14-4-6-15(7-5-14)21-12-18-11-19-21/h2-9,11-12H,10H2,1H3,(H,20,22). The van der Waals surface area contributed by atoms with Crippen molar-refractivity contribution in [3.8, 4) is 11.4 Å². The highest BCUT2D eigenvalue weighted by atomic mass is 16.5. The Morgan fingerprint density at radius 3 is 2.48 bits per heavy atom. The van der Waals surface area contributed by atoms with Crippen molar-refractivity contribution in [1.29, 1.82) is 0 Å². The number of carbonyl (C=O) groups is 1. The van der Waals surface area contributed by atoms with Crippen molar-refractivity contribution >= 4 is 11.6 Å².